The first-order valence-electron chi connectivity index (χ1n) is 7.24. The van der Waals surface area contributed by atoms with Gasteiger partial charge in [-0.3, -0.25) is 4.79 Å². The Morgan fingerprint density at radius 3 is 3.00 bits per heavy atom. The number of aryl methyl sites for hydroxylation is 1. The van der Waals surface area contributed by atoms with Crippen molar-refractivity contribution in [3.63, 3.8) is 0 Å². The van der Waals surface area contributed by atoms with Crippen LogP contribution in [0, 0.1) is 11.3 Å². The number of hydrogen-bond donors (Lipinski definition) is 2. The lowest BCUT2D eigenvalue weighted by Crippen LogP contribution is -2.41. The second-order valence-corrected chi connectivity index (χ2v) is 6.09. The average Bonchev–Trinajstić information content (AvgIpc) is 3.09. The number of nitrogens with zero attached hydrogens (tertiary/aromatic N) is 3. The molecule has 7 heteroatoms. The summed E-state index contributed by atoms with van der Waals surface area (Å²) in [4.78, 5) is 29.5. The first-order chi connectivity index (χ1) is 10.0. The number of carbonyl (C=O) groups is 2. The molecule has 1 saturated carbocycles. The van der Waals surface area contributed by atoms with E-state index in [1.807, 2.05) is 11.6 Å². The van der Waals surface area contributed by atoms with Crippen LogP contribution in [0.4, 0.5) is 4.79 Å². The molecule has 0 bridgehead atoms. The summed E-state index contributed by atoms with van der Waals surface area (Å²) in [5.74, 6) is -0.663. The topological polar surface area (TPSA) is 87.5 Å². The number of aromatic nitrogens is 2. The van der Waals surface area contributed by atoms with Gasteiger partial charge in [-0.2, -0.15) is 0 Å². The molecule has 7 nitrogen and oxygen atoms in total. The summed E-state index contributed by atoms with van der Waals surface area (Å²) in [6, 6.07) is -0.189. The number of carboxylic acid groups (broad SMARTS) is 1. The highest BCUT2D eigenvalue weighted by atomic mass is 16.4. The molecular formula is C14H20N4O3. The molecule has 1 saturated heterocycles. The SMILES string of the molecule is Cn1cncc1CNC(=O)N1C[C@@H]2CCC[C@@]2(C(=O)O)C1. The summed E-state index contributed by atoms with van der Waals surface area (Å²) in [7, 11) is 1.87. The van der Waals surface area contributed by atoms with E-state index in [2.05, 4.69) is 10.3 Å². The van der Waals surface area contributed by atoms with Gasteiger partial charge in [0.05, 0.1) is 24.0 Å². The third kappa shape index (κ3) is 2.26. The number of hydrogen-bond acceptors (Lipinski definition) is 3. The van der Waals surface area contributed by atoms with Crippen molar-refractivity contribution in [2.24, 2.45) is 18.4 Å². The van der Waals surface area contributed by atoms with E-state index in [9.17, 15) is 14.7 Å². The van der Waals surface area contributed by atoms with Gasteiger partial charge >= 0.3 is 12.0 Å². The Morgan fingerprint density at radius 1 is 1.57 bits per heavy atom. The van der Waals surface area contributed by atoms with E-state index in [0.29, 0.717) is 26.1 Å². The monoisotopic (exact) mass is 292 g/mol. The summed E-state index contributed by atoms with van der Waals surface area (Å²) in [6.45, 7) is 1.27. The largest absolute Gasteiger partial charge is 0.481 e. The van der Waals surface area contributed by atoms with E-state index in [-0.39, 0.29) is 11.9 Å². The van der Waals surface area contributed by atoms with E-state index < -0.39 is 11.4 Å². The van der Waals surface area contributed by atoms with Gasteiger partial charge in [0.15, 0.2) is 0 Å². The molecule has 0 unspecified atom stereocenters. The first kappa shape index (κ1) is 13.9. The lowest BCUT2D eigenvalue weighted by molar-refractivity contribution is -0.149. The highest BCUT2D eigenvalue weighted by molar-refractivity contribution is 5.80. The van der Waals surface area contributed by atoms with E-state index in [4.69, 9.17) is 0 Å². The molecule has 2 atom stereocenters. The van der Waals surface area contributed by atoms with Crippen molar-refractivity contribution in [2.45, 2.75) is 25.8 Å². The summed E-state index contributed by atoms with van der Waals surface area (Å²) in [6.07, 6.45) is 5.91. The molecule has 2 heterocycles. The predicted molar refractivity (Wildman–Crippen MR) is 74.4 cm³/mol. The van der Waals surface area contributed by atoms with Crippen molar-refractivity contribution in [2.75, 3.05) is 13.1 Å². The van der Waals surface area contributed by atoms with Crippen LogP contribution < -0.4 is 5.32 Å². The maximum absolute atomic E-state index is 12.2. The fourth-order valence-corrected chi connectivity index (χ4v) is 3.63. The molecule has 2 amide bonds. The smallest absolute Gasteiger partial charge is 0.317 e. The molecular weight excluding hydrogens is 272 g/mol. The minimum absolute atomic E-state index is 0.0949. The van der Waals surface area contributed by atoms with Crippen LogP contribution in [-0.2, 0) is 18.4 Å². The van der Waals surface area contributed by atoms with Crippen LogP contribution in [-0.4, -0.2) is 44.6 Å². The van der Waals surface area contributed by atoms with Gasteiger partial charge in [0.25, 0.3) is 0 Å². The summed E-state index contributed by atoms with van der Waals surface area (Å²) in [5.41, 5.74) is 0.194. The van der Waals surface area contributed by atoms with E-state index in [1.165, 1.54) is 0 Å². The molecule has 1 aliphatic heterocycles. The number of likely N-dealkylation sites (tertiary alicyclic amines) is 1. The fraction of sp³-hybridized carbons (Fsp3) is 0.643. The van der Waals surface area contributed by atoms with Crippen LogP contribution in [0.1, 0.15) is 25.0 Å². The Morgan fingerprint density at radius 2 is 2.38 bits per heavy atom. The minimum atomic E-state index is -0.757. The number of carboxylic acids is 1. The van der Waals surface area contributed by atoms with Gasteiger partial charge in [0.1, 0.15) is 0 Å². The van der Waals surface area contributed by atoms with Gasteiger partial charge in [-0.15, -0.1) is 0 Å². The van der Waals surface area contributed by atoms with Crippen LogP contribution in [0.25, 0.3) is 0 Å². The summed E-state index contributed by atoms with van der Waals surface area (Å²) >= 11 is 0. The van der Waals surface area contributed by atoms with Crippen molar-refractivity contribution in [3.8, 4) is 0 Å². The van der Waals surface area contributed by atoms with Crippen LogP contribution in [0.2, 0.25) is 0 Å². The Hall–Kier alpha value is -2.05. The highest BCUT2D eigenvalue weighted by Crippen LogP contribution is 2.48. The van der Waals surface area contributed by atoms with Crippen molar-refractivity contribution in [1.29, 1.82) is 0 Å². The second kappa shape index (κ2) is 5.05. The predicted octanol–water partition coefficient (Wildman–Crippen LogP) is 0.816. The number of fused-ring (bicyclic) bond motifs is 1. The van der Waals surface area contributed by atoms with E-state index in [1.54, 1.807) is 17.4 Å². The second-order valence-electron chi connectivity index (χ2n) is 6.09. The number of aliphatic carboxylic acids is 1. The van der Waals surface area contributed by atoms with Crippen LogP contribution >= 0.6 is 0 Å². The van der Waals surface area contributed by atoms with Gasteiger partial charge < -0.3 is 19.9 Å². The zero-order chi connectivity index (χ0) is 15.0. The van der Waals surface area contributed by atoms with Crippen LogP contribution in [0.15, 0.2) is 12.5 Å². The maximum Gasteiger partial charge on any atom is 0.317 e. The van der Waals surface area contributed by atoms with E-state index >= 15 is 0 Å². The minimum Gasteiger partial charge on any atom is -0.481 e. The number of amides is 2. The Balaban J connectivity index is 1.62. The number of urea groups is 1. The number of rotatable bonds is 3. The first-order valence-corrected chi connectivity index (χ1v) is 7.24. The quantitative estimate of drug-likeness (QED) is 0.863. The molecule has 2 fully saturated rings. The number of carbonyl (C=O) groups excluding carboxylic acids is 1. The lowest BCUT2D eigenvalue weighted by atomic mass is 9.81. The third-order valence-corrected chi connectivity index (χ3v) is 4.92. The molecule has 114 valence electrons. The average molecular weight is 292 g/mol. The molecule has 2 N–H and O–H groups in total. The Labute approximate surface area is 122 Å². The van der Waals surface area contributed by atoms with Crippen molar-refractivity contribution < 1.29 is 14.7 Å². The molecule has 21 heavy (non-hydrogen) atoms. The van der Waals surface area contributed by atoms with Gasteiger partial charge in [-0.25, -0.2) is 9.78 Å². The van der Waals surface area contributed by atoms with Gasteiger partial charge in [0.2, 0.25) is 0 Å². The van der Waals surface area contributed by atoms with Gasteiger partial charge in [-0.05, 0) is 18.8 Å². The van der Waals surface area contributed by atoms with E-state index in [0.717, 1.165) is 18.5 Å². The Bertz CT molecular complexity index is 570. The zero-order valence-electron chi connectivity index (χ0n) is 12.1. The van der Waals surface area contributed by atoms with Crippen molar-refractivity contribution >= 4 is 12.0 Å². The molecule has 1 aromatic heterocycles. The Kier molecular flexibility index (Phi) is 3.35. The maximum atomic E-state index is 12.2. The van der Waals surface area contributed by atoms with Crippen molar-refractivity contribution in [3.05, 3.63) is 18.2 Å². The zero-order valence-corrected chi connectivity index (χ0v) is 12.1. The molecule has 0 spiro atoms. The molecule has 1 aliphatic carbocycles. The van der Waals surface area contributed by atoms with Gasteiger partial charge in [-0.1, -0.05) is 6.42 Å². The lowest BCUT2D eigenvalue weighted by Gasteiger charge is -2.23. The molecule has 0 radical (unpaired) electrons. The fourth-order valence-electron chi connectivity index (χ4n) is 3.63. The molecule has 1 aromatic rings. The third-order valence-electron chi connectivity index (χ3n) is 4.92. The summed E-state index contributed by atoms with van der Waals surface area (Å²) < 4.78 is 1.84. The molecule has 2 aliphatic rings. The van der Waals surface area contributed by atoms with Gasteiger partial charge in [0, 0.05) is 26.3 Å². The molecule has 3 rings (SSSR count). The normalized spacial score (nSPS) is 27.7. The van der Waals surface area contributed by atoms with Crippen LogP contribution in [0.5, 0.6) is 0 Å². The number of nitrogens with one attached hydrogen (secondary N) is 1. The standard InChI is InChI=1S/C14H20N4O3/c1-17-9-15-5-11(17)6-16-13(21)18-7-10-3-2-4-14(10,8-18)12(19)20/h5,9-10H,2-4,6-8H2,1H3,(H,16,21)(H,19,20)/t10-,14+/m0/s1. The number of imidazole rings is 1. The summed E-state index contributed by atoms with van der Waals surface area (Å²) in [5, 5.41) is 12.4. The van der Waals surface area contributed by atoms with Crippen LogP contribution in [0.3, 0.4) is 0 Å². The van der Waals surface area contributed by atoms with Crippen molar-refractivity contribution in [1.82, 2.24) is 19.8 Å². The highest BCUT2D eigenvalue weighted by Gasteiger charge is 2.55. The molecule has 0 aromatic carbocycles.